The van der Waals surface area contributed by atoms with E-state index in [4.69, 9.17) is 4.74 Å². The predicted octanol–water partition coefficient (Wildman–Crippen LogP) is 2.13. The highest BCUT2D eigenvalue weighted by Crippen LogP contribution is 2.32. The second-order valence-electron chi connectivity index (χ2n) is 6.47. The lowest BCUT2D eigenvalue weighted by molar-refractivity contribution is -0.121. The van der Waals surface area contributed by atoms with Gasteiger partial charge in [-0.3, -0.25) is 9.59 Å². The molecule has 0 fully saturated rings. The van der Waals surface area contributed by atoms with Gasteiger partial charge in [0, 0.05) is 11.3 Å². The topological polar surface area (TPSA) is 84.1 Å². The minimum absolute atomic E-state index is 0.0278. The van der Waals surface area contributed by atoms with Gasteiger partial charge < -0.3 is 15.0 Å². The lowest BCUT2D eigenvalue weighted by Crippen LogP contribution is -2.34. The summed E-state index contributed by atoms with van der Waals surface area (Å²) in [6, 6.07) is 5.94. The highest BCUT2D eigenvalue weighted by atomic mass is 16.5. The summed E-state index contributed by atoms with van der Waals surface area (Å²) in [6.45, 7) is 3.48. The Balaban J connectivity index is 1.76. The zero-order valence-corrected chi connectivity index (χ0v) is 14.8. The molecule has 1 aliphatic carbocycles. The number of nitrogens with one attached hydrogen (secondary N) is 2. The average Bonchev–Trinajstić information content (AvgIpc) is 2.58. The summed E-state index contributed by atoms with van der Waals surface area (Å²) in [7, 11) is 1.65. The van der Waals surface area contributed by atoms with Crippen molar-refractivity contribution >= 4 is 5.91 Å². The van der Waals surface area contributed by atoms with Crippen molar-refractivity contribution in [1.29, 1.82) is 0 Å². The van der Waals surface area contributed by atoms with Gasteiger partial charge in [-0.05, 0) is 56.4 Å². The number of H-pyrrole nitrogens is 1. The number of carbonyl (C=O) groups excluding carboxylic acids is 1. The van der Waals surface area contributed by atoms with E-state index in [9.17, 15) is 9.59 Å². The van der Waals surface area contributed by atoms with E-state index in [2.05, 4.69) is 15.3 Å². The van der Waals surface area contributed by atoms with Crippen LogP contribution in [0.3, 0.4) is 0 Å². The molecule has 1 aromatic heterocycles. The zero-order valence-electron chi connectivity index (χ0n) is 14.8. The van der Waals surface area contributed by atoms with Crippen molar-refractivity contribution in [3.63, 3.8) is 0 Å². The number of amides is 1. The third-order valence-corrected chi connectivity index (χ3v) is 4.68. The molecule has 1 atom stereocenters. The van der Waals surface area contributed by atoms with Crippen molar-refractivity contribution in [2.45, 2.75) is 45.6 Å². The van der Waals surface area contributed by atoms with Gasteiger partial charge in [-0.1, -0.05) is 6.07 Å². The number of aryl methyl sites for hydroxylation is 3. The molecule has 0 saturated carbocycles. The van der Waals surface area contributed by atoms with Crippen LogP contribution in [0.15, 0.2) is 23.0 Å². The van der Waals surface area contributed by atoms with Crippen LogP contribution in [0.25, 0.3) is 0 Å². The molecule has 1 amide bonds. The van der Waals surface area contributed by atoms with Gasteiger partial charge in [0.05, 0.1) is 19.6 Å². The summed E-state index contributed by atoms with van der Waals surface area (Å²) in [6.07, 6.45) is 2.93. The number of hydrogen-bond acceptors (Lipinski definition) is 4. The van der Waals surface area contributed by atoms with Gasteiger partial charge in [0.2, 0.25) is 5.91 Å². The predicted molar refractivity (Wildman–Crippen MR) is 94.9 cm³/mol. The molecule has 25 heavy (non-hydrogen) atoms. The van der Waals surface area contributed by atoms with Gasteiger partial charge >= 0.3 is 0 Å². The molecule has 1 aliphatic rings. The fraction of sp³-hybridized carbons (Fsp3) is 0.421. The van der Waals surface area contributed by atoms with Crippen LogP contribution in [0.4, 0.5) is 0 Å². The first kappa shape index (κ1) is 17.2. The van der Waals surface area contributed by atoms with E-state index < -0.39 is 0 Å². The van der Waals surface area contributed by atoms with Crippen LogP contribution >= 0.6 is 0 Å². The molecule has 6 nitrogen and oxygen atoms in total. The Bertz CT molecular complexity index is 857. The summed E-state index contributed by atoms with van der Waals surface area (Å²) >= 11 is 0. The molecular formula is C19H23N3O3. The van der Waals surface area contributed by atoms with Gasteiger partial charge in [0.25, 0.3) is 5.56 Å². The van der Waals surface area contributed by atoms with Crippen molar-refractivity contribution in [1.82, 2.24) is 15.3 Å². The molecule has 0 spiro atoms. The first-order valence-corrected chi connectivity index (χ1v) is 8.50. The lowest BCUT2D eigenvalue weighted by Gasteiger charge is -2.27. The molecule has 0 saturated heterocycles. The van der Waals surface area contributed by atoms with E-state index in [1.54, 1.807) is 21.0 Å². The van der Waals surface area contributed by atoms with Crippen molar-refractivity contribution in [2.24, 2.45) is 0 Å². The monoisotopic (exact) mass is 341 g/mol. The molecule has 3 rings (SSSR count). The average molecular weight is 341 g/mol. The molecule has 0 bridgehead atoms. The highest BCUT2D eigenvalue weighted by molar-refractivity contribution is 5.79. The molecule has 0 aliphatic heterocycles. The molecule has 2 aromatic rings. The number of aromatic amines is 1. The largest absolute Gasteiger partial charge is 0.497 e. The van der Waals surface area contributed by atoms with Crippen LogP contribution < -0.4 is 15.6 Å². The van der Waals surface area contributed by atoms with Crippen molar-refractivity contribution < 1.29 is 9.53 Å². The van der Waals surface area contributed by atoms with E-state index in [0.717, 1.165) is 30.6 Å². The summed E-state index contributed by atoms with van der Waals surface area (Å²) in [5.74, 6) is 1.23. The number of methoxy groups -OCH3 is 1. The summed E-state index contributed by atoms with van der Waals surface area (Å²) in [4.78, 5) is 31.5. The Morgan fingerprint density at radius 1 is 1.40 bits per heavy atom. The van der Waals surface area contributed by atoms with E-state index >= 15 is 0 Å². The SMILES string of the molecule is COc1ccc2c(c1)CCC[C@H]2NC(=O)Cc1c(C)nc(C)[nH]c1=O. The normalized spacial score (nSPS) is 16.2. The number of nitrogens with zero attached hydrogens (tertiary/aromatic N) is 1. The Kier molecular flexibility index (Phi) is 4.88. The van der Waals surface area contributed by atoms with Crippen LogP contribution in [0.1, 0.15) is 47.1 Å². The standard InChI is InChI=1S/C19H23N3O3/c1-11-16(19(24)21-12(2)20-11)10-18(23)22-17-6-4-5-13-9-14(25-3)7-8-15(13)17/h7-9,17H,4-6,10H2,1-3H3,(H,22,23)(H,20,21,24)/t17-/m1/s1. The number of benzene rings is 1. The van der Waals surface area contributed by atoms with Gasteiger partial charge in [0.1, 0.15) is 11.6 Å². The zero-order chi connectivity index (χ0) is 18.0. The van der Waals surface area contributed by atoms with Crippen LogP contribution in [0.2, 0.25) is 0 Å². The van der Waals surface area contributed by atoms with Crippen molar-refractivity contribution in [3.8, 4) is 5.75 Å². The minimum Gasteiger partial charge on any atom is -0.497 e. The Morgan fingerprint density at radius 3 is 2.92 bits per heavy atom. The quantitative estimate of drug-likeness (QED) is 0.892. The number of aromatic nitrogens is 2. The van der Waals surface area contributed by atoms with Crippen molar-refractivity contribution in [3.05, 3.63) is 56.8 Å². The van der Waals surface area contributed by atoms with Gasteiger partial charge in [-0.15, -0.1) is 0 Å². The summed E-state index contributed by atoms with van der Waals surface area (Å²) in [5, 5.41) is 3.07. The number of rotatable bonds is 4. The molecule has 2 N–H and O–H groups in total. The molecule has 1 aromatic carbocycles. The van der Waals surface area contributed by atoms with Crippen molar-refractivity contribution in [2.75, 3.05) is 7.11 Å². The first-order valence-electron chi connectivity index (χ1n) is 8.50. The molecule has 1 heterocycles. The maximum absolute atomic E-state index is 12.5. The van der Waals surface area contributed by atoms with Crippen LogP contribution in [0, 0.1) is 13.8 Å². The van der Waals surface area contributed by atoms with Crippen LogP contribution in [-0.2, 0) is 17.6 Å². The van der Waals surface area contributed by atoms with E-state index in [0.29, 0.717) is 17.1 Å². The minimum atomic E-state index is -0.242. The molecule has 132 valence electrons. The maximum atomic E-state index is 12.5. The number of carbonyl (C=O) groups is 1. The van der Waals surface area contributed by atoms with Crippen LogP contribution in [-0.4, -0.2) is 23.0 Å². The third kappa shape index (κ3) is 3.73. The van der Waals surface area contributed by atoms with Gasteiger partial charge in [-0.25, -0.2) is 4.98 Å². The van der Waals surface area contributed by atoms with E-state index in [-0.39, 0.29) is 23.9 Å². The van der Waals surface area contributed by atoms with E-state index in [1.165, 1.54) is 5.56 Å². The number of ether oxygens (including phenoxy) is 1. The second-order valence-corrected chi connectivity index (χ2v) is 6.47. The second kappa shape index (κ2) is 7.09. The molecule has 0 unspecified atom stereocenters. The summed E-state index contributed by atoms with van der Waals surface area (Å²) < 4.78 is 5.28. The fourth-order valence-corrected chi connectivity index (χ4v) is 3.43. The van der Waals surface area contributed by atoms with Crippen LogP contribution in [0.5, 0.6) is 5.75 Å². The van der Waals surface area contributed by atoms with Gasteiger partial charge in [-0.2, -0.15) is 0 Å². The molecule has 6 heteroatoms. The Hall–Kier alpha value is -2.63. The van der Waals surface area contributed by atoms with Gasteiger partial charge in [0.15, 0.2) is 0 Å². The Labute approximate surface area is 146 Å². The first-order chi connectivity index (χ1) is 12.0. The highest BCUT2D eigenvalue weighted by Gasteiger charge is 2.23. The maximum Gasteiger partial charge on any atom is 0.254 e. The molecule has 0 radical (unpaired) electrons. The number of fused-ring (bicyclic) bond motifs is 1. The third-order valence-electron chi connectivity index (χ3n) is 4.68. The number of hydrogen-bond donors (Lipinski definition) is 2. The smallest absolute Gasteiger partial charge is 0.254 e. The Morgan fingerprint density at radius 2 is 2.20 bits per heavy atom. The molecular weight excluding hydrogens is 318 g/mol. The van der Waals surface area contributed by atoms with E-state index in [1.807, 2.05) is 18.2 Å². The summed E-state index contributed by atoms with van der Waals surface area (Å²) in [5.41, 5.74) is 3.13. The lowest BCUT2D eigenvalue weighted by atomic mass is 9.87. The fourth-order valence-electron chi connectivity index (χ4n) is 3.43.